The van der Waals surface area contributed by atoms with Crippen molar-refractivity contribution in [2.75, 3.05) is 14.2 Å². The maximum Gasteiger partial charge on any atom is 0.240 e. The molecule has 3 aromatic rings. The minimum atomic E-state index is -0.314. The van der Waals surface area contributed by atoms with Gasteiger partial charge in [-0.2, -0.15) is 0 Å². The van der Waals surface area contributed by atoms with Gasteiger partial charge in [0.2, 0.25) is 5.91 Å². The molecule has 1 aliphatic carbocycles. The Morgan fingerprint density at radius 3 is 2.28 bits per heavy atom. The highest BCUT2D eigenvalue weighted by Gasteiger charge is 2.28. The fourth-order valence-electron chi connectivity index (χ4n) is 4.75. The van der Waals surface area contributed by atoms with Crippen molar-refractivity contribution in [3.63, 3.8) is 0 Å². The summed E-state index contributed by atoms with van der Waals surface area (Å²) in [5.74, 6) is 2.43. The number of ether oxygens (including phenoxy) is 2. The number of nitrogens with two attached hydrogens (primary N) is 1. The third-order valence-corrected chi connectivity index (χ3v) is 6.96. The second-order valence-electron chi connectivity index (χ2n) is 9.47. The quantitative estimate of drug-likeness (QED) is 0.396. The molecule has 0 bridgehead atoms. The van der Waals surface area contributed by atoms with E-state index in [0.29, 0.717) is 25.6 Å². The van der Waals surface area contributed by atoms with Crippen LogP contribution in [0, 0.1) is 0 Å². The van der Waals surface area contributed by atoms with E-state index in [0.717, 1.165) is 46.8 Å². The molecule has 1 amide bonds. The van der Waals surface area contributed by atoms with E-state index in [9.17, 15) is 4.79 Å². The second-order valence-corrected chi connectivity index (χ2v) is 9.47. The molecular formula is C30H37N3O3. The second kappa shape index (κ2) is 12.6. The van der Waals surface area contributed by atoms with Crippen molar-refractivity contribution in [2.24, 2.45) is 5.73 Å². The Morgan fingerprint density at radius 1 is 0.944 bits per heavy atom. The van der Waals surface area contributed by atoms with E-state index in [4.69, 9.17) is 15.2 Å². The first-order valence-corrected chi connectivity index (χ1v) is 12.7. The molecule has 0 saturated heterocycles. The van der Waals surface area contributed by atoms with Crippen molar-refractivity contribution in [3.05, 3.63) is 89.5 Å². The Morgan fingerprint density at radius 2 is 1.61 bits per heavy atom. The van der Waals surface area contributed by atoms with Gasteiger partial charge in [0, 0.05) is 26.2 Å². The Labute approximate surface area is 214 Å². The van der Waals surface area contributed by atoms with Crippen LogP contribution in [0.2, 0.25) is 0 Å². The van der Waals surface area contributed by atoms with Gasteiger partial charge >= 0.3 is 0 Å². The maximum atomic E-state index is 13.5. The molecule has 6 nitrogen and oxygen atoms in total. The molecule has 0 aliphatic heterocycles. The zero-order valence-electron chi connectivity index (χ0n) is 21.3. The van der Waals surface area contributed by atoms with E-state index < -0.39 is 0 Å². The highest BCUT2D eigenvalue weighted by Crippen LogP contribution is 2.25. The maximum absolute atomic E-state index is 13.5. The monoisotopic (exact) mass is 487 g/mol. The summed E-state index contributed by atoms with van der Waals surface area (Å²) in [4.78, 5) is 15.5. The summed E-state index contributed by atoms with van der Waals surface area (Å²) in [5, 5.41) is 3.54. The van der Waals surface area contributed by atoms with E-state index in [1.54, 1.807) is 7.11 Å². The summed E-state index contributed by atoms with van der Waals surface area (Å²) >= 11 is 0. The Kier molecular flexibility index (Phi) is 8.98. The highest BCUT2D eigenvalue weighted by atomic mass is 16.5. The van der Waals surface area contributed by atoms with Gasteiger partial charge in [-0.25, -0.2) is 0 Å². The van der Waals surface area contributed by atoms with Gasteiger partial charge < -0.3 is 25.4 Å². The molecule has 6 heteroatoms. The lowest BCUT2D eigenvalue weighted by atomic mass is 10.0. The predicted molar refractivity (Wildman–Crippen MR) is 143 cm³/mol. The number of benzene rings is 3. The van der Waals surface area contributed by atoms with Crippen LogP contribution >= 0.6 is 0 Å². The summed E-state index contributed by atoms with van der Waals surface area (Å²) < 4.78 is 11.2. The molecule has 3 aromatic carbocycles. The molecule has 1 aliphatic rings. The molecule has 0 aromatic heterocycles. The van der Waals surface area contributed by atoms with Crippen molar-refractivity contribution >= 4 is 5.91 Å². The summed E-state index contributed by atoms with van der Waals surface area (Å²) in [6.07, 6.45) is 5.20. The third kappa shape index (κ3) is 6.86. The largest absolute Gasteiger partial charge is 0.497 e. The van der Waals surface area contributed by atoms with Crippen LogP contribution in [0.4, 0.5) is 0 Å². The van der Waals surface area contributed by atoms with Crippen LogP contribution in [0.1, 0.15) is 42.4 Å². The van der Waals surface area contributed by atoms with Crippen LogP contribution in [-0.2, 0) is 24.3 Å². The van der Waals surface area contributed by atoms with Gasteiger partial charge in [0.15, 0.2) is 0 Å². The van der Waals surface area contributed by atoms with Crippen LogP contribution in [0.5, 0.6) is 17.2 Å². The summed E-state index contributed by atoms with van der Waals surface area (Å²) in [6.45, 7) is 1.08. The number of rotatable bonds is 11. The molecule has 0 unspecified atom stereocenters. The molecule has 0 spiro atoms. The van der Waals surface area contributed by atoms with Gasteiger partial charge in [0.25, 0.3) is 0 Å². The SMILES string of the molecule is COc1ccc(Oc2cccc(CN[C@@H](Cc3ccc(CN)cc3)C(=O)N(C)C3CCCC3)c2)cc1. The van der Waals surface area contributed by atoms with Gasteiger partial charge in [-0.3, -0.25) is 4.79 Å². The number of nitrogens with zero attached hydrogens (tertiary/aromatic N) is 1. The number of likely N-dealkylation sites (N-methyl/N-ethyl adjacent to an activating group) is 1. The minimum absolute atomic E-state index is 0.149. The average molecular weight is 488 g/mol. The molecule has 190 valence electrons. The molecule has 4 rings (SSSR count). The number of carbonyl (C=O) groups is 1. The lowest BCUT2D eigenvalue weighted by molar-refractivity contribution is -0.134. The van der Waals surface area contributed by atoms with E-state index in [2.05, 4.69) is 17.4 Å². The average Bonchev–Trinajstić information content (AvgIpc) is 3.46. The lowest BCUT2D eigenvalue weighted by Crippen LogP contribution is -2.49. The van der Waals surface area contributed by atoms with E-state index in [-0.39, 0.29) is 11.9 Å². The number of hydrogen-bond acceptors (Lipinski definition) is 5. The van der Waals surface area contributed by atoms with Crippen LogP contribution in [-0.4, -0.2) is 37.0 Å². The van der Waals surface area contributed by atoms with Crippen molar-refractivity contribution < 1.29 is 14.3 Å². The van der Waals surface area contributed by atoms with Crippen molar-refractivity contribution in [3.8, 4) is 17.2 Å². The van der Waals surface area contributed by atoms with Crippen molar-refractivity contribution in [1.82, 2.24) is 10.2 Å². The first-order chi connectivity index (χ1) is 17.6. The first-order valence-electron chi connectivity index (χ1n) is 12.7. The minimum Gasteiger partial charge on any atom is -0.497 e. The summed E-state index contributed by atoms with van der Waals surface area (Å²) in [7, 11) is 3.60. The zero-order chi connectivity index (χ0) is 25.3. The third-order valence-electron chi connectivity index (χ3n) is 6.96. The van der Waals surface area contributed by atoms with Crippen molar-refractivity contribution in [1.29, 1.82) is 0 Å². The molecule has 36 heavy (non-hydrogen) atoms. The molecule has 1 saturated carbocycles. The normalized spacial score (nSPS) is 14.4. The molecule has 3 N–H and O–H groups in total. The zero-order valence-corrected chi connectivity index (χ0v) is 21.3. The van der Waals surface area contributed by atoms with Gasteiger partial charge in [0.1, 0.15) is 17.2 Å². The number of amides is 1. The predicted octanol–water partition coefficient (Wildman–Crippen LogP) is 5.05. The van der Waals surface area contributed by atoms with E-state index >= 15 is 0 Å². The number of hydrogen-bond donors (Lipinski definition) is 2. The molecule has 1 fully saturated rings. The molecule has 1 atom stereocenters. The molecule has 0 heterocycles. The topological polar surface area (TPSA) is 76.8 Å². The van der Waals surface area contributed by atoms with Gasteiger partial charge in [-0.05, 0) is 72.4 Å². The Hall–Kier alpha value is -3.35. The Balaban J connectivity index is 1.44. The van der Waals surface area contributed by atoms with Gasteiger partial charge in [0.05, 0.1) is 13.2 Å². The molecular weight excluding hydrogens is 450 g/mol. The number of methoxy groups -OCH3 is 1. The standard InChI is InChI=1S/C30H37N3O3/c1-33(25-7-3-4-8-25)30(34)29(19-22-10-12-23(20-31)13-11-22)32-21-24-6-5-9-28(18-24)36-27-16-14-26(35-2)15-17-27/h5-6,9-18,25,29,32H,3-4,7-8,19-21,31H2,1-2H3/t29-/m0/s1. The summed E-state index contributed by atoms with van der Waals surface area (Å²) in [5.41, 5.74) is 9.02. The lowest BCUT2D eigenvalue weighted by Gasteiger charge is -2.29. The highest BCUT2D eigenvalue weighted by molar-refractivity contribution is 5.82. The van der Waals surface area contributed by atoms with Crippen LogP contribution in [0.25, 0.3) is 0 Å². The van der Waals surface area contributed by atoms with Crippen molar-refractivity contribution in [2.45, 2.75) is 57.3 Å². The Bertz CT molecular complexity index is 1110. The fourth-order valence-corrected chi connectivity index (χ4v) is 4.75. The summed E-state index contributed by atoms with van der Waals surface area (Å²) in [6, 6.07) is 23.7. The smallest absolute Gasteiger partial charge is 0.240 e. The number of carbonyl (C=O) groups excluding carboxylic acids is 1. The van der Waals surface area contributed by atoms with Gasteiger partial charge in [-0.1, -0.05) is 49.2 Å². The van der Waals surface area contributed by atoms with E-state index in [1.807, 2.05) is 72.6 Å². The number of nitrogens with one attached hydrogen (secondary N) is 1. The van der Waals surface area contributed by atoms with Gasteiger partial charge in [-0.15, -0.1) is 0 Å². The fraction of sp³-hybridized carbons (Fsp3) is 0.367. The first kappa shape index (κ1) is 25.7. The molecule has 0 radical (unpaired) electrons. The van der Waals surface area contributed by atoms with E-state index in [1.165, 1.54) is 12.8 Å². The van der Waals surface area contributed by atoms with Crippen LogP contribution in [0.15, 0.2) is 72.8 Å². The van der Waals surface area contributed by atoms with Crippen LogP contribution < -0.4 is 20.5 Å². The van der Waals surface area contributed by atoms with Crippen LogP contribution in [0.3, 0.4) is 0 Å².